The van der Waals surface area contributed by atoms with Crippen molar-refractivity contribution in [3.63, 3.8) is 0 Å². The standard InChI is InChI=1S/C15H18N2O4S2/c1-10-7-16(8-11(2)21-10)15(22)23-9-14(18)12-3-5-13(6-4-12)17(19)20/h3-6,10-11H,7-9H2,1-2H3/t10-,11-/m0/s1. The van der Waals surface area contributed by atoms with Gasteiger partial charge in [0.15, 0.2) is 5.78 Å². The third-order valence-corrected chi connectivity index (χ3v) is 4.93. The summed E-state index contributed by atoms with van der Waals surface area (Å²) < 4.78 is 6.34. The fourth-order valence-corrected chi connectivity index (χ4v) is 3.48. The number of benzene rings is 1. The second-order valence-electron chi connectivity index (χ2n) is 5.44. The number of carbonyl (C=O) groups is 1. The molecule has 0 spiro atoms. The lowest BCUT2D eigenvalue weighted by atomic mass is 10.1. The van der Waals surface area contributed by atoms with Crippen molar-refractivity contribution >= 4 is 39.8 Å². The highest BCUT2D eigenvalue weighted by molar-refractivity contribution is 8.23. The fraction of sp³-hybridized carbons (Fsp3) is 0.467. The Bertz CT molecular complexity index is 596. The number of ether oxygens (including phenoxy) is 1. The van der Waals surface area contributed by atoms with Crippen LogP contribution in [0.4, 0.5) is 5.69 Å². The molecule has 6 nitrogen and oxygen atoms in total. The van der Waals surface area contributed by atoms with Crippen molar-refractivity contribution in [2.75, 3.05) is 18.8 Å². The molecule has 8 heteroatoms. The third kappa shape index (κ3) is 4.98. The molecule has 2 atom stereocenters. The minimum atomic E-state index is -0.487. The van der Waals surface area contributed by atoms with E-state index < -0.39 is 4.92 Å². The molecule has 1 aromatic carbocycles. The summed E-state index contributed by atoms with van der Waals surface area (Å²) in [6.45, 7) is 5.44. The van der Waals surface area contributed by atoms with Crippen LogP contribution in [0, 0.1) is 10.1 Å². The van der Waals surface area contributed by atoms with E-state index in [1.54, 1.807) is 0 Å². The number of rotatable bonds is 4. The van der Waals surface area contributed by atoms with Crippen LogP contribution in [0.1, 0.15) is 24.2 Å². The highest BCUT2D eigenvalue weighted by Crippen LogP contribution is 2.19. The topological polar surface area (TPSA) is 72.7 Å². The van der Waals surface area contributed by atoms with Crippen LogP contribution in [0.15, 0.2) is 24.3 Å². The molecular weight excluding hydrogens is 336 g/mol. The predicted octanol–water partition coefficient (Wildman–Crippen LogP) is 2.90. The molecule has 0 saturated carbocycles. The van der Waals surface area contributed by atoms with E-state index in [1.807, 2.05) is 13.8 Å². The van der Waals surface area contributed by atoms with Crippen LogP contribution < -0.4 is 0 Å². The molecule has 0 aliphatic carbocycles. The SMILES string of the molecule is C[C@H]1CN(C(=S)SCC(=O)c2ccc([N+](=O)[O-])cc2)C[C@H](C)O1. The highest BCUT2D eigenvalue weighted by Gasteiger charge is 2.24. The highest BCUT2D eigenvalue weighted by atomic mass is 32.2. The van der Waals surface area contributed by atoms with Gasteiger partial charge in [-0.05, 0) is 26.0 Å². The van der Waals surface area contributed by atoms with E-state index in [2.05, 4.69) is 4.90 Å². The van der Waals surface area contributed by atoms with Crippen LogP contribution in [0.25, 0.3) is 0 Å². The van der Waals surface area contributed by atoms with Gasteiger partial charge in [0.25, 0.3) is 5.69 Å². The van der Waals surface area contributed by atoms with Gasteiger partial charge in [-0.1, -0.05) is 24.0 Å². The number of ketones is 1. The number of morpholine rings is 1. The minimum Gasteiger partial charge on any atom is -0.372 e. The average molecular weight is 354 g/mol. The van der Waals surface area contributed by atoms with Gasteiger partial charge in [-0.25, -0.2) is 0 Å². The van der Waals surface area contributed by atoms with Crippen LogP contribution in [-0.4, -0.2) is 51.0 Å². The summed E-state index contributed by atoms with van der Waals surface area (Å²) in [6.07, 6.45) is 0.227. The maximum atomic E-state index is 12.1. The van der Waals surface area contributed by atoms with Gasteiger partial charge >= 0.3 is 0 Å². The summed E-state index contributed by atoms with van der Waals surface area (Å²) in [5.41, 5.74) is 0.427. The lowest BCUT2D eigenvalue weighted by Crippen LogP contribution is -2.46. The maximum Gasteiger partial charge on any atom is 0.269 e. The zero-order chi connectivity index (χ0) is 17.0. The van der Waals surface area contributed by atoms with Crippen LogP contribution in [0.3, 0.4) is 0 Å². The van der Waals surface area contributed by atoms with Crippen molar-refractivity contribution in [1.82, 2.24) is 4.90 Å². The largest absolute Gasteiger partial charge is 0.372 e. The Hall–Kier alpha value is -1.51. The third-order valence-electron chi connectivity index (χ3n) is 3.40. The monoisotopic (exact) mass is 354 g/mol. The van der Waals surface area contributed by atoms with Crippen molar-refractivity contribution in [2.45, 2.75) is 26.1 Å². The molecular formula is C15H18N2O4S2. The van der Waals surface area contributed by atoms with E-state index in [0.29, 0.717) is 9.88 Å². The normalized spacial score (nSPS) is 21.0. The molecule has 0 radical (unpaired) electrons. The summed E-state index contributed by atoms with van der Waals surface area (Å²) in [5, 5.41) is 10.6. The van der Waals surface area contributed by atoms with Gasteiger partial charge in [0.2, 0.25) is 0 Å². The molecule has 0 unspecified atom stereocenters. The second-order valence-corrected chi connectivity index (χ2v) is 7.05. The first-order valence-electron chi connectivity index (χ1n) is 7.21. The molecule has 1 aromatic rings. The number of nitro benzene ring substituents is 1. The van der Waals surface area contributed by atoms with E-state index >= 15 is 0 Å². The van der Waals surface area contributed by atoms with E-state index in [1.165, 1.54) is 36.0 Å². The number of thioether (sulfide) groups is 1. The molecule has 124 valence electrons. The van der Waals surface area contributed by atoms with Gasteiger partial charge in [0.1, 0.15) is 4.32 Å². The zero-order valence-corrected chi connectivity index (χ0v) is 14.6. The minimum absolute atomic E-state index is 0.0268. The summed E-state index contributed by atoms with van der Waals surface area (Å²) in [4.78, 5) is 24.3. The number of hydrogen-bond acceptors (Lipinski definition) is 6. The lowest BCUT2D eigenvalue weighted by molar-refractivity contribution is -0.384. The molecule has 0 N–H and O–H groups in total. The molecule has 1 saturated heterocycles. The van der Waals surface area contributed by atoms with Gasteiger partial charge in [0.05, 0.1) is 22.9 Å². The van der Waals surface area contributed by atoms with E-state index in [4.69, 9.17) is 17.0 Å². The lowest BCUT2D eigenvalue weighted by Gasteiger charge is -2.36. The van der Waals surface area contributed by atoms with Crippen LogP contribution >= 0.6 is 24.0 Å². The van der Waals surface area contributed by atoms with Crippen molar-refractivity contribution in [1.29, 1.82) is 0 Å². The van der Waals surface area contributed by atoms with Crippen LogP contribution in [0.5, 0.6) is 0 Å². The molecule has 2 rings (SSSR count). The van der Waals surface area contributed by atoms with E-state index in [9.17, 15) is 14.9 Å². The Labute approximate surface area is 144 Å². The molecule has 0 aromatic heterocycles. The Balaban J connectivity index is 1.88. The molecule has 1 aliphatic rings. The Kier molecular flexibility index (Phi) is 6.09. The Morgan fingerprint density at radius 1 is 1.35 bits per heavy atom. The van der Waals surface area contributed by atoms with E-state index in [0.717, 1.165) is 13.1 Å². The number of non-ortho nitro benzene ring substituents is 1. The van der Waals surface area contributed by atoms with Gasteiger partial charge in [-0.2, -0.15) is 0 Å². The Morgan fingerprint density at radius 2 is 1.91 bits per heavy atom. The maximum absolute atomic E-state index is 12.1. The number of thiocarbonyl (C=S) groups is 1. The molecule has 1 aliphatic heterocycles. The van der Waals surface area contributed by atoms with Crippen molar-refractivity contribution in [3.8, 4) is 0 Å². The van der Waals surface area contributed by atoms with Crippen molar-refractivity contribution < 1.29 is 14.5 Å². The predicted molar refractivity (Wildman–Crippen MR) is 94.1 cm³/mol. The second kappa shape index (κ2) is 7.85. The van der Waals surface area contributed by atoms with Crippen molar-refractivity contribution in [3.05, 3.63) is 39.9 Å². The van der Waals surface area contributed by atoms with Gasteiger partial charge in [-0.15, -0.1) is 0 Å². The smallest absolute Gasteiger partial charge is 0.269 e. The number of Topliss-reactive ketones (excluding diaryl/α,β-unsaturated/α-hetero) is 1. The molecule has 1 fully saturated rings. The first kappa shape index (κ1) is 17.8. The quantitative estimate of drug-likeness (QED) is 0.356. The van der Waals surface area contributed by atoms with Gasteiger partial charge in [-0.3, -0.25) is 14.9 Å². The average Bonchev–Trinajstić information content (AvgIpc) is 2.51. The number of hydrogen-bond donors (Lipinski definition) is 0. The Morgan fingerprint density at radius 3 is 2.43 bits per heavy atom. The van der Waals surface area contributed by atoms with Gasteiger partial charge in [0, 0.05) is 30.8 Å². The fourth-order valence-electron chi connectivity index (χ4n) is 2.40. The first-order chi connectivity index (χ1) is 10.9. The van der Waals surface area contributed by atoms with Gasteiger partial charge < -0.3 is 9.64 Å². The van der Waals surface area contributed by atoms with Crippen LogP contribution in [-0.2, 0) is 4.74 Å². The number of carbonyl (C=O) groups excluding carboxylic acids is 1. The number of nitro groups is 1. The summed E-state index contributed by atoms with van der Waals surface area (Å²) in [5.74, 6) is 0.123. The van der Waals surface area contributed by atoms with Crippen LogP contribution in [0.2, 0.25) is 0 Å². The molecule has 0 amide bonds. The number of nitrogens with zero attached hydrogens (tertiary/aromatic N) is 2. The first-order valence-corrected chi connectivity index (χ1v) is 8.61. The zero-order valence-electron chi connectivity index (χ0n) is 12.9. The summed E-state index contributed by atoms with van der Waals surface area (Å²) >= 11 is 6.71. The molecule has 23 heavy (non-hydrogen) atoms. The summed E-state index contributed by atoms with van der Waals surface area (Å²) in [7, 11) is 0. The van der Waals surface area contributed by atoms with E-state index in [-0.39, 0.29) is 29.4 Å². The molecule has 1 heterocycles. The molecule has 0 bridgehead atoms. The van der Waals surface area contributed by atoms with Crippen molar-refractivity contribution in [2.24, 2.45) is 0 Å². The summed E-state index contributed by atoms with van der Waals surface area (Å²) in [6, 6.07) is 5.62.